The number of rotatable bonds is 6. The fourth-order valence-corrected chi connectivity index (χ4v) is 2.09. The molecule has 0 bridgehead atoms. The van der Waals surface area contributed by atoms with Crippen LogP contribution in [-0.2, 0) is 4.79 Å². The Morgan fingerprint density at radius 3 is 2.40 bits per heavy atom. The Balaban J connectivity index is 4.34. The normalized spacial score (nSPS) is 13.7. The number of likely N-dealkylation sites (N-methyl/N-ethyl adjacent to an activating group) is 1. The van der Waals surface area contributed by atoms with Gasteiger partial charge in [0.05, 0.1) is 5.60 Å². The maximum Gasteiger partial charge on any atom is 0.226 e. The van der Waals surface area contributed by atoms with Crippen molar-refractivity contribution >= 4 is 17.7 Å². The molecule has 15 heavy (non-hydrogen) atoms. The topological polar surface area (TPSA) is 40.5 Å². The zero-order chi connectivity index (χ0) is 12.1. The van der Waals surface area contributed by atoms with Crippen LogP contribution in [0.4, 0.5) is 0 Å². The molecule has 0 saturated carbocycles. The number of thioether (sulfide) groups is 1. The minimum absolute atomic E-state index is 0.0299. The van der Waals surface area contributed by atoms with Crippen molar-refractivity contribution in [2.75, 3.05) is 25.1 Å². The zero-order valence-corrected chi connectivity index (χ0v) is 11.2. The average Bonchev–Trinajstić information content (AvgIpc) is 2.12. The van der Waals surface area contributed by atoms with E-state index in [1.807, 2.05) is 20.1 Å². The van der Waals surface area contributed by atoms with Gasteiger partial charge >= 0.3 is 0 Å². The lowest BCUT2D eigenvalue weighted by atomic mass is 10.1. The molecular formula is C11H23NO2S. The van der Waals surface area contributed by atoms with Crippen LogP contribution in [-0.4, -0.2) is 46.6 Å². The van der Waals surface area contributed by atoms with E-state index >= 15 is 0 Å². The smallest absolute Gasteiger partial charge is 0.226 e. The van der Waals surface area contributed by atoms with Crippen LogP contribution < -0.4 is 0 Å². The standard InChI is InChI=1S/C11H23NO2S/c1-6-12(8-11(3,4)14)10(13)9(2)7-15-5/h9,14H,6-8H2,1-5H3. The molecule has 1 N–H and O–H groups in total. The van der Waals surface area contributed by atoms with Crippen LogP contribution >= 0.6 is 11.8 Å². The highest BCUT2D eigenvalue weighted by atomic mass is 32.2. The molecule has 1 atom stereocenters. The van der Waals surface area contributed by atoms with Crippen LogP contribution in [0, 0.1) is 5.92 Å². The van der Waals surface area contributed by atoms with Crippen molar-refractivity contribution in [2.45, 2.75) is 33.3 Å². The summed E-state index contributed by atoms with van der Waals surface area (Å²) in [5.74, 6) is 0.998. The first kappa shape index (κ1) is 14.8. The molecule has 0 aromatic carbocycles. The predicted octanol–water partition coefficient (Wildman–Crippen LogP) is 1.60. The van der Waals surface area contributed by atoms with Gasteiger partial charge in [0.15, 0.2) is 0 Å². The van der Waals surface area contributed by atoms with Crippen molar-refractivity contribution in [1.82, 2.24) is 4.90 Å². The summed E-state index contributed by atoms with van der Waals surface area (Å²) in [5.41, 5.74) is -0.815. The van der Waals surface area contributed by atoms with E-state index in [4.69, 9.17) is 0 Å². The second-order valence-electron chi connectivity index (χ2n) is 4.52. The van der Waals surface area contributed by atoms with Gasteiger partial charge in [-0.2, -0.15) is 11.8 Å². The second kappa shape index (κ2) is 6.38. The van der Waals surface area contributed by atoms with Crippen LogP contribution in [0.2, 0.25) is 0 Å². The minimum Gasteiger partial charge on any atom is -0.389 e. The molecule has 1 amide bonds. The van der Waals surface area contributed by atoms with Crippen molar-refractivity contribution in [1.29, 1.82) is 0 Å². The van der Waals surface area contributed by atoms with E-state index in [2.05, 4.69) is 0 Å². The Bertz CT molecular complexity index is 201. The molecule has 4 heteroatoms. The van der Waals surface area contributed by atoms with Gasteiger partial charge in [0, 0.05) is 24.8 Å². The first-order chi connectivity index (χ1) is 6.81. The van der Waals surface area contributed by atoms with Crippen LogP contribution in [0.15, 0.2) is 0 Å². The monoisotopic (exact) mass is 233 g/mol. The Morgan fingerprint density at radius 1 is 1.53 bits per heavy atom. The quantitative estimate of drug-likeness (QED) is 0.757. The molecule has 1 unspecified atom stereocenters. The van der Waals surface area contributed by atoms with E-state index in [0.29, 0.717) is 13.1 Å². The van der Waals surface area contributed by atoms with Crippen LogP contribution in [0.1, 0.15) is 27.7 Å². The number of aliphatic hydroxyl groups is 1. The molecule has 0 aliphatic rings. The summed E-state index contributed by atoms with van der Waals surface area (Å²) in [6.07, 6.45) is 2.00. The number of carbonyl (C=O) groups excluding carboxylic acids is 1. The first-order valence-electron chi connectivity index (χ1n) is 5.32. The van der Waals surface area contributed by atoms with Gasteiger partial charge < -0.3 is 10.0 Å². The van der Waals surface area contributed by atoms with Gasteiger partial charge in [-0.3, -0.25) is 4.79 Å². The van der Waals surface area contributed by atoms with Gasteiger partial charge in [0.1, 0.15) is 0 Å². The highest BCUT2D eigenvalue weighted by molar-refractivity contribution is 7.98. The van der Waals surface area contributed by atoms with E-state index < -0.39 is 5.60 Å². The lowest BCUT2D eigenvalue weighted by Gasteiger charge is -2.30. The van der Waals surface area contributed by atoms with Crippen molar-refractivity contribution in [3.8, 4) is 0 Å². The number of amides is 1. The summed E-state index contributed by atoms with van der Waals surface area (Å²) in [6.45, 7) is 8.38. The zero-order valence-electron chi connectivity index (χ0n) is 10.4. The largest absolute Gasteiger partial charge is 0.389 e. The van der Waals surface area contributed by atoms with Gasteiger partial charge in [-0.15, -0.1) is 0 Å². The molecule has 3 nitrogen and oxygen atoms in total. The highest BCUT2D eigenvalue weighted by Crippen LogP contribution is 2.12. The molecule has 90 valence electrons. The third-order valence-corrected chi connectivity index (χ3v) is 2.94. The van der Waals surface area contributed by atoms with Crippen molar-refractivity contribution < 1.29 is 9.90 Å². The van der Waals surface area contributed by atoms with Gasteiger partial charge in [0.2, 0.25) is 5.91 Å². The first-order valence-corrected chi connectivity index (χ1v) is 6.71. The molecule has 0 aromatic heterocycles. The molecular weight excluding hydrogens is 210 g/mol. The summed E-state index contributed by atoms with van der Waals surface area (Å²) in [7, 11) is 0. The SMILES string of the molecule is CCN(CC(C)(C)O)C(=O)C(C)CSC. The third kappa shape index (κ3) is 6.05. The van der Waals surface area contributed by atoms with Crippen molar-refractivity contribution in [3.63, 3.8) is 0 Å². The Hall–Kier alpha value is -0.220. The van der Waals surface area contributed by atoms with Crippen LogP contribution in [0.3, 0.4) is 0 Å². The van der Waals surface area contributed by atoms with Gasteiger partial charge in [-0.1, -0.05) is 6.92 Å². The van der Waals surface area contributed by atoms with Gasteiger partial charge in [0.25, 0.3) is 0 Å². The fourth-order valence-electron chi connectivity index (χ4n) is 1.45. The minimum atomic E-state index is -0.815. The molecule has 0 rings (SSSR count). The number of hydrogen-bond acceptors (Lipinski definition) is 3. The van der Waals surface area contributed by atoms with E-state index in [0.717, 1.165) is 5.75 Å². The lowest BCUT2D eigenvalue weighted by Crippen LogP contribution is -2.44. The van der Waals surface area contributed by atoms with E-state index in [9.17, 15) is 9.90 Å². The molecule has 0 saturated heterocycles. The summed E-state index contributed by atoms with van der Waals surface area (Å²) in [4.78, 5) is 13.7. The van der Waals surface area contributed by atoms with E-state index in [1.165, 1.54) is 0 Å². The van der Waals surface area contributed by atoms with Crippen LogP contribution in [0.5, 0.6) is 0 Å². The molecule has 0 aliphatic heterocycles. The molecule has 0 radical (unpaired) electrons. The second-order valence-corrected chi connectivity index (χ2v) is 5.43. The summed E-state index contributed by atoms with van der Waals surface area (Å²) in [6, 6.07) is 0. The predicted molar refractivity (Wildman–Crippen MR) is 66.1 cm³/mol. The van der Waals surface area contributed by atoms with Crippen molar-refractivity contribution in [3.05, 3.63) is 0 Å². The maximum atomic E-state index is 11.9. The Labute approximate surface area is 97.2 Å². The van der Waals surface area contributed by atoms with E-state index in [1.54, 1.807) is 30.5 Å². The molecule has 0 aromatic rings. The molecule has 0 spiro atoms. The fraction of sp³-hybridized carbons (Fsp3) is 0.909. The average molecular weight is 233 g/mol. The van der Waals surface area contributed by atoms with Crippen LogP contribution in [0.25, 0.3) is 0 Å². The van der Waals surface area contributed by atoms with Gasteiger partial charge in [-0.25, -0.2) is 0 Å². The summed E-state index contributed by atoms with van der Waals surface area (Å²) < 4.78 is 0. The Morgan fingerprint density at radius 2 is 2.07 bits per heavy atom. The van der Waals surface area contributed by atoms with Gasteiger partial charge in [-0.05, 0) is 27.0 Å². The highest BCUT2D eigenvalue weighted by Gasteiger charge is 2.24. The molecule has 0 heterocycles. The summed E-state index contributed by atoms with van der Waals surface area (Å²) >= 11 is 1.67. The van der Waals surface area contributed by atoms with Crippen molar-refractivity contribution in [2.24, 2.45) is 5.92 Å². The number of nitrogens with zero attached hydrogens (tertiary/aromatic N) is 1. The molecule has 0 fully saturated rings. The van der Waals surface area contributed by atoms with E-state index in [-0.39, 0.29) is 11.8 Å². The third-order valence-electron chi connectivity index (χ3n) is 2.11. The number of hydrogen-bond donors (Lipinski definition) is 1. The summed E-state index contributed by atoms with van der Waals surface area (Å²) in [5, 5.41) is 9.68. The molecule has 0 aliphatic carbocycles. The lowest BCUT2D eigenvalue weighted by molar-refractivity contribution is -0.137. The Kier molecular flexibility index (Phi) is 6.29. The number of carbonyl (C=O) groups is 1. The maximum absolute atomic E-state index is 11.9.